The van der Waals surface area contributed by atoms with E-state index in [0.29, 0.717) is 22.6 Å². The summed E-state index contributed by atoms with van der Waals surface area (Å²) in [5.74, 6) is -0.493. The molecule has 1 aliphatic carbocycles. The number of hydrogen-bond acceptors (Lipinski definition) is 6. The number of aliphatic carboxylic acids is 1. The van der Waals surface area contributed by atoms with Crippen molar-refractivity contribution in [2.45, 2.75) is 63.5 Å². The second-order valence-corrected chi connectivity index (χ2v) is 10.2. The standard InChI is InChI=1S/C32H32N2O6/c1-38-28-16-15-24-19-34(31(35)29(23-7-3-2-4-8-23)40-25-9-5-6-10-25)27(32(36)37)17-26(24)30(28)39-20-22-13-11-21(18-33)12-14-22/h2-4,7-8,11-16,25,27,29H,5-6,9-10,17,19-20H2,1H3,(H,36,37)/t27-,29+/m0/s1. The summed E-state index contributed by atoms with van der Waals surface area (Å²) in [5.41, 5.74) is 3.64. The minimum atomic E-state index is -1.09. The fourth-order valence-electron chi connectivity index (χ4n) is 5.49. The fraction of sp³-hybridized carbons (Fsp3) is 0.344. The highest BCUT2D eigenvalue weighted by atomic mass is 16.5. The van der Waals surface area contributed by atoms with E-state index in [1.807, 2.05) is 48.5 Å². The summed E-state index contributed by atoms with van der Waals surface area (Å²) in [5, 5.41) is 19.3. The van der Waals surface area contributed by atoms with Gasteiger partial charge in [0.2, 0.25) is 0 Å². The zero-order valence-electron chi connectivity index (χ0n) is 22.4. The van der Waals surface area contributed by atoms with Crippen LogP contribution in [-0.4, -0.2) is 41.1 Å². The van der Waals surface area contributed by atoms with Crippen LogP contribution in [0.4, 0.5) is 0 Å². The predicted molar refractivity (Wildman–Crippen MR) is 147 cm³/mol. The monoisotopic (exact) mass is 540 g/mol. The molecule has 8 nitrogen and oxygen atoms in total. The maximum atomic E-state index is 14.0. The van der Waals surface area contributed by atoms with E-state index < -0.39 is 18.1 Å². The van der Waals surface area contributed by atoms with Crippen molar-refractivity contribution < 1.29 is 28.9 Å². The first-order chi connectivity index (χ1) is 19.5. The lowest BCUT2D eigenvalue weighted by Gasteiger charge is -2.37. The third-order valence-corrected chi connectivity index (χ3v) is 7.65. The van der Waals surface area contributed by atoms with Crippen LogP contribution in [0.1, 0.15) is 59.6 Å². The van der Waals surface area contributed by atoms with Crippen LogP contribution in [0.25, 0.3) is 0 Å². The number of amides is 1. The van der Waals surface area contributed by atoms with Gasteiger partial charge in [0.15, 0.2) is 17.6 Å². The van der Waals surface area contributed by atoms with Crippen molar-refractivity contribution in [3.8, 4) is 17.6 Å². The number of rotatable bonds is 9. The lowest BCUT2D eigenvalue weighted by atomic mass is 9.91. The van der Waals surface area contributed by atoms with E-state index >= 15 is 0 Å². The third kappa shape index (κ3) is 5.80. The van der Waals surface area contributed by atoms with Crippen molar-refractivity contribution in [1.82, 2.24) is 4.90 Å². The maximum absolute atomic E-state index is 14.0. The largest absolute Gasteiger partial charge is 0.493 e. The zero-order valence-corrected chi connectivity index (χ0v) is 22.4. The highest BCUT2D eigenvalue weighted by molar-refractivity contribution is 5.88. The van der Waals surface area contributed by atoms with Crippen LogP contribution in [0.2, 0.25) is 0 Å². The normalized spacial score (nSPS) is 17.5. The Hall–Kier alpha value is -4.35. The first-order valence-electron chi connectivity index (χ1n) is 13.5. The summed E-state index contributed by atoms with van der Waals surface area (Å²) in [6.45, 7) is 0.323. The van der Waals surface area contributed by atoms with Crippen LogP contribution in [0.5, 0.6) is 11.5 Å². The van der Waals surface area contributed by atoms with Gasteiger partial charge in [-0.3, -0.25) is 4.79 Å². The number of carbonyl (C=O) groups excluding carboxylic acids is 1. The highest BCUT2D eigenvalue weighted by Gasteiger charge is 2.41. The molecule has 0 spiro atoms. The van der Waals surface area contributed by atoms with Gasteiger partial charge in [-0.25, -0.2) is 4.79 Å². The van der Waals surface area contributed by atoms with Gasteiger partial charge >= 0.3 is 5.97 Å². The predicted octanol–water partition coefficient (Wildman–Crippen LogP) is 5.18. The summed E-state index contributed by atoms with van der Waals surface area (Å²) in [6.07, 6.45) is 3.06. The molecule has 1 saturated carbocycles. The SMILES string of the molecule is COc1ccc2c(c1OCc1ccc(C#N)cc1)C[C@@H](C(=O)O)N(C(=O)[C@H](OC1CCCC1)c1ccccc1)C2. The minimum absolute atomic E-state index is 0.0269. The van der Waals surface area contributed by atoms with E-state index in [1.54, 1.807) is 18.2 Å². The van der Waals surface area contributed by atoms with Gasteiger partial charge in [0.25, 0.3) is 5.91 Å². The quantitative estimate of drug-likeness (QED) is 0.398. The molecule has 3 aromatic rings. The molecule has 1 N–H and O–H groups in total. The van der Waals surface area contributed by atoms with Gasteiger partial charge in [-0.05, 0) is 47.7 Å². The lowest BCUT2D eigenvalue weighted by molar-refractivity contribution is -0.160. The van der Waals surface area contributed by atoms with Gasteiger partial charge in [-0.1, -0.05) is 61.4 Å². The summed E-state index contributed by atoms with van der Waals surface area (Å²) in [4.78, 5) is 28.0. The van der Waals surface area contributed by atoms with Gasteiger partial charge in [-0.15, -0.1) is 0 Å². The van der Waals surface area contributed by atoms with E-state index in [0.717, 1.165) is 42.4 Å². The molecule has 0 radical (unpaired) electrons. The molecule has 3 aromatic carbocycles. The summed E-state index contributed by atoms with van der Waals surface area (Å²) < 4.78 is 18.1. The number of fused-ring (bicyclic) bond motifs is 1. The van der Waals surface area contributed by atoms with Crippen molar-refractivity contribution in [2.24, 2.45) is 0 Å². The zero-order chi connectivity index (χ0) is 28.1. The number of hydrogen-bond donors (Lipinski definition) is 1. The Morgan fingerprint density at radius 1 is 1.05 bits per heavy atom. The van der Waals surface area contributed by atoms with Crippen molar-refractivity contribution in [3.63, 3.8) is 0 Å². The number of methoxy groups -OCH3 is 1. The minimum Gasteiger partial charge on any atom is -0.493 e. The van der Waals surface area contributed by atoms with E-state index in [4.69, 9.17) is 19.5 Å². The van der Waals surface area contributed by atoms with Crippen molar-refractivity contribution in [2.75, 3.05) is 7.11 Å². The number of carboxylic acids is 1. The van der Waals surface area contributed by atoms with E-state index in [-0.39, 0.29) is 31.6 Å². The van der Waals surface area contributed by atoms with Gasteiger partial charge in [0, 0.05) is 18.5 Å². The molecule has 1 fully saturated rings. The van der Waals surface area contributed by atoms with E-state index in [9.17, 15) is 14.7 Å². The van der Waals surface area contributed by atoms with Crippen LogP contribution in [0, 0.1) is 11.3 Å². The molecule has 5 rings (SSSR count). The Labute approximate surface area is 233 Å². The Morgan fingerprint density at radius 2 is 1.77 bits per heavy atom. The Balaban J connectivity index is 1.44. The Morgan fingerprint density at radius 3 is 2.42 bits per heavy atom. The first kappa shape index (κ1) is 27.2. The molecule has 1 aliphatic heterocycles. The number of nitriles is 1. The molecule has 0 unspecified atom stereocenters. The van der Waals surface area contributed by atoms with Gasteiger partial charge in [0.1, 0.15) is 12.6 Å². The van der Waals surface area contributed by atoms with Gasteiger partial charge < -0.3 is 24.2 Å². The number of carboxylic acid groups (broad SMARTS) is 1. The molecule has 0 bridgehead atoms. The average Bonchev–Trinajstić information content (AvgIpc) is 3.51. The summed E-state index contributed by atoms with van der Waals surface area (Å²) in [7, 11) is 1.54. The number of ether oxygens (including phenoxy) is 3. The second kappa shape index (κ2) is 12.2. The smallest absolute Gasteiger partial charge is 0.326 e. The van der Waals surface area contributed by atoms with Gasteiger partial charge in [0.05, 0.1) is 24.8 Å². The molecular formula is C32H32N2O6. The second-order valence-electron chi connectivity index (χ2n) is 10.2. The van der Waals surface area contributed by atoms with Gasteiger partial charge in [-0.2, -0.15) is 5.26 Å². The number of nitrogens with zero attached hydrogens (tertiary/aromatic N) is 2. The molecule has 8 heteroatoms. The van der Waals surface area contributed by atoms with Crippen LogP contribution < -0.4 is 9.47 Å². The van der Waals surface area contributed by atoms with Crippen LogP contribution in [0.3, 0.4) is 0 Å². The molecule has 2 aliphatic rings. The molecule has 40 heavy (non-hydrogen) atoms. The first-order valence-corrected chi connectivity index (χ1v) is 13.5. The average molecular weight is 541 g/mol. The Bertz CT molecular complexity index is 1390. The van der Waals surface area contributed by atoms with E-state index in [2.05, 4.69) is 6.07 Å². The third-order valence-electron chi connectivity index (χ3n) is 7.65. The van der Waals surface area contributed by atoms with Crippen LogP contribution in [-0.2, 0) is 33.9 Å². The van der Waals surface area contributed by atoms with Crippen molar-refractivity contribution in [3.05, 3.63) is 94.5 Å². The maximum Gasteiger partial charge on any atom is 0.326 e. The molecular weight excluding hydrogens is 508 g/mol. The fourth-order valence-corrected chi connectivity index (χ4v) is 5.49. The molecule has 1 heterocycles. The number of carbonyl (C=O) groups is 2. The van der Waals surface area contributed by atoms with Crippen LogP contribution >= 0.6 is 0 Å². The molecule has 1 amide bonds. The Kier molecular flexibility index (Phi) is 8.32. The molecule has 206 valence electrons. The number of benzene rings is 3. The lowest BCUT2D eigenvalue weighted by Crippen LogP contribution is -2.50. The summed E-state index contributed by atoms with van der Waals surface area (Å²) >= 11 is 0. The summed E-state index contributed by atoms with van der Waals surface area (Å²) in [6, 6.07) is 21.0. The molecule has 0 saturated heterocycles. The highest BCUT2D eigenvalue weighted by Crippen LogP contribution is 2.40. The molecule has 2 atom stereocenters. The van der Waals surface area contributed by atoms with Crippen molar-refractivity contribution in [1.29, 1.82) is 5.26 Å². The molecule has 0 aromatic heterocycles. The van der Waals surface area contributed by atoms with Crippen molar-refractivity contribution >= 4 is 11.9 Å². The van der Waals surface area contributed by atoms with Crippen LogP contribution in [0.15, 0.2) is 66.7 Å². The van der Waals surface area contributed by atoms with E-state index in [1.165, 1.54) is 12.0 Å². The topological polar surface area (TPSA) is 109 Å².